The number of ether oxygens (including phenoxy) is 2. The van der Waals surface area contributed by atoms with E-state index in [0.717, 1.165) is 25.0 Å². The molecule has 1 fully saturated rings. The molecule has 0 saturated carbocycles. The number of likely N-dealkylation sites (tertiary alicyclic amines) is 1. The van der Waals surface area contributed by atoms with E-state index in [1.54, 1.807) is 19.5 Å². The molecule has 0 aromatic carbocycles. The summed E-state index contributed by atoms with van der Waals surface area (Å²) in [5.74, 6) is 1.05. The Morgan fingerprint density at radius 2 is 2.23 bits per heavy atom. The molecule has 0 bridgehead atoms. The van der Waals surface area contributed by atoms with Crippen LogP contribution >= 0.6 is 0 Å². The summed E-state index contributed by atoms with van der Waals surface area (Å²) in [6.45, 7) is 1.14. The van der Waals surface area contributed by atoms with Crippen molar-refractivity contribution in [3.63, 3.8) is 0 Å². The first kappa shape index (κ1) is 15.0. The molecule has 2 aliphatic rings. The predicted molar refractivity (Wildman–Crippen MR) is 82.5 cm³/mol. The second-order valence-corrected chi connectivity index (χ2v) is 5.88. The van der Waals surface area contributed by atoms with E-state index in [4.69, 9.17) is 9.47 Å². The number of methoxy groups -OCH3 is 1. The fourth-order valence-corrected chi connectivity index (χ4v) is 3.15. The van der Waals surface area contributed by atoms with E-state index in [1.165, 1.54) is 0 Å². The summed E-state index contributed by atoms with van der Waals surface area (Å²) < 4.78 is 11.3. The van der Waals surface area contributed by atoms with Gasteiger partial charge in [0.25, 0.3) is 0 Å². The number of pyridine rings is 1. The number of hydrogen-bond acceptors (Lipinski definition) is 4. The van der Waals surface area contributed by atoms with Gasteiger partial charge in [0, 0.05) is 25.8 Å². The highest BCUT2D eigenvalue weighted by Gasteiger charge is 2.38. The fourth-order valence-electron chi connectivity index (χ4n) is 3.15. The Kier molecular flexibility index (Phi) is 4.73. The molecule has 1 aliphatic heterocycles. The molecule has 1 saturated heterocycles. The Morgan fingerprint density at radius 3 is 2.91 bits per heavy atom. The van der Waals surface area contributed by atoms with Crippen LogP contribution in [0.3, 0.4) is 0 Å². The van der Waals surface area contributed by atoms with Gasteiger partial charge in [-0.15, -0.1) is 0 Å². The van der Waals surface area contributed by atoms with Crippen LogP contribution in [0.2, 0.25) is 0 Å². The number of nitrogens with zero attached hydrogens (tertiary/aromatic N) is 2. The number of allylic oxidation sites excluding steroid dienone is 2. The highest BCUT2D eigenvalue weighted by molar-refractivity contribution is 5.80. The summed E-state index contributed by atoms with van der Waals surface area (Å²) in [5, 5.41) is 0. The molecule has 0 radical (unpaired) electrons. The lowest BCUT2D eigenvalue weighted by atomic mass is 10.1. The summed E-state index contributed by atoms with van der Waals surface area (Å²) in [5.41, 5.74) is 0. The van der Waals surface area contributed by atoms with Gasteiger partial charge in [0.05, 0.1) is 18.3 Å². The summed E-state index contributed by atoms with van der Waals surface area (Å²) in [4.78, 5) is 18.7. The molecule has 1 aliphatic carbocycles. The maximum atomic E-state index is 12.7. The van der Waals surface area contributed by atoms with Crippen LogP contribution in [-0.4, -0.2) is 48.2 Å². The van der Waals surface area contributed by atoms with Crippen molar-refractivity contribution in [2.75, 3.05) is 20.3 Å². The van der Waals surface area contributed by atoms with E-state index < -0.39 is 0 Å². The second kappa shape index (κ2) is 6.92. The van der Waals surface area contributed by atoms with Gasteiger partial charge in [0.1, 0.15) is 12.4 Å². The third kappa shape index (κ3) is 3.30. The molecule has 5 nitrogen and oxygen atoms in total. The molecule has 22 heavy (non-hydrogen) atoms. The Hall–Kier alpha value is -1.88. The molecule has 0 spiro atoms. The molecule has 1 aromatic rings. The molecular weight excluding hydrogens is 280 g/mol. The zero-order valence-electron chi connectivity index (χ0n) is 12.9. The highest BCUT2D eigenvalue weighted by Crippen LogP contribution is 2.27. The Morgan fingerprint density at radius 1 is 1.41 bits per heavy atom. The van der Waals surface area contributed by atoms with E-state index in [2.05, 4.69) is 17.1 Å². The molecule has 0 N–H and O–H groups in total. The topological polar surface area (TPSA) is 51.7 Å². The van der Waals surface area contributed by atoms with Gasteiger partial charge in [-0.25, -0.2) is 0 Å². The minimum atomic E-state index is 0.0678. The summed E-state index contributed by atoms with van der Waals surface area (Å²) in [6.07, 6.45) is 10.2. The van der Waals surface area contributed by atoms with Gasteiger partial charge in [-0.1, -0.05) is 12.2 Å². The van der Waals surface area contributed by atoms with Crippen molar-refractivity contribution in [3.8, 4) is 5.75 Å². The maximum absolute atomic E-state index is 12.7. The van der Waals surface area contributed by atoms with Crippen molar-refractivity contribution >= 4 is 5.91 Å². The molecule has 2 heterocycles. The molecule has 5 heteroatoms. The first-order valence-electron chi connectivity index (χ1n) is 7.79. The molecule has 2 atom stereocenters. The van der Waals surface area contributed by atoms with Crippen LogP contribution in [0, 0.1) is 5.92 Å². The van der Waals surface area contributed by atoms with Crippen molar-refractivity contribution in [3.05, 3.63) is 36.7 Å². The van der Waals surface area contributed by atoms with Crippen LogP contribution < -0.4 is 4.74 Å². The van der Waals surface area contributed by atoms with Gasteiger partial charge in [0.15, 0.2) is 0 Å². The van der Waals surface area contributed by atoms with Crippen LogP contribution in [0.4, 0.5) is 0 Å². The zero-order chi connectivity index (χ0) is 15.4. The lowest BCUT2D eigenvalue weighted by Gasteiger charge is -2.27. The third-order valence-corrected chi connectivity index (χ3v) is 4.43. The zero-order valence-corrected chi connectivity index (χ0v) is 12.9. The van der Waals surface area contributed by atoms with Crippen molar-refractivity contribution in [1.29, 1.82) is 0 Å². The van der Waals surface area contributed by atoms with Crippen molar-refractivity contribution in [2.45, 2.75) is 31.4 Å². The molecule has 1 amide bonds. The van der Waals surface area contributed by atoms with Gasteiger partial charge in [-0.2, -0.15) is 0 Å². The number of aromatic nitrogens is 1. The largest absolute Gasteiger partial charge is 0.490 e. The smallest absolute Gasteiger partial charge is 0.226 e. The average Bonchev–Trinajstić information content (AvgIpc) is 3.23. The fraction of sp³-hybridized carbons (Fsp3) is 0.529. The van der Waals surface area contributed by atoms with Crippen LogP contribution in [0.1, 0.15) is 19.3 Å². The molecule has 1 aromatic heterocycles. The van der Waals surface area contributed by atoms with Crippen LogP contribution in [0.15, 0.2) is 36.7 Å². The van der Waals surface area contributed by atoms with E-state index in [9.17, 15) is 4.79 Å². The Balaban J connectivity index is 1.63. The molecule has 0 unspecified atom stereocenters. The number of hydrogen-bond donors (Lipinski definition) is 0. The standard InChI is InChI=1S/C17H22N2O3/c1-21-16-9-14(12-22-15-7-4-8-18-10-15)19(11-16)17(20)13-5-2-3-6-13/h2-4,7-8,10,13-14,16H,5-6,9,11-12H2,1H3/t14-,16+/m0/s1. The van der Waals surface area contributed by atoms with Gasteiger partial charge in [-0.3, -0.25) is 9.78 Å². The quantitative estimate of drug-likeness (QED) is 0.781. The van der Waals surface area contributed by atoms with Gasteiger partial charge >= 0.3 is 0 Å². The first-order chi connectivity index (χ1) is 10.8. The Bertz CT molecular complexity index is 524. The summed E-state index contributed by atoms with van der Waals surface area (Å²) in [7, 11) is 1.70. The van der Waals surface area contributed by atoms with Crippen LogP contribution in [0.25, 0.3) is 0 Å². The Labute approximate surface area is 130 Å². The lowest BCUT2D eigenvalue weighted by molar-refractivity contribution is -0.136. The van der Waals surface area contributed by atoms with E-state index in [-0.39, 0.29) is 24.0 Å². The minimum absolute atomic E-state index is 0.0678. The van der Waals surface area contributed by atoms with Gasteiger partial charge in [0.2, 0.25) is 5.91 Å². The summed E-state index contributed by atoms with van der Waals surface area (Å²) >= 11 is 0. The van der Waals surface area contributed by atoms with E-state index >= 15 is 0 Å². The number of carbonyl (C=O) groups is 1. The number of rotatable bonds is 5. The normalized spacial score (nSPS) is 24.9. The van der Waals surface area contributed by atoms with Crippen LogP contribution in [0.5, 0.6) is 5.75 Å². The lowest BCUT2D eigenvalue weighted by Crippen LogP contribution is -2.42. The van der Waals surface area contributed by atoms with E-state index in [0.29, 0.717) is 13.2 Å². The van der Waals surface area contributed by atoms with Crippen LogP contribution in [-0.2, 0) is 9.53 Å². The molecule has 118 valence electrons. The molecule has 3 rings (SSSR count). The van der Waals surface area contributed by atoms with Crippen molar-refractivity contribution in [2.24, 2.45) is 5.92 Å². The average molecular weight is 302 g/mol. The van der Waals surface area contributed by atoms with E-state index in [1.807, 2.05) is 17.0 Å². The highest BCUT2D eigenvalue weighted by atomic mass is 16.5. The predicted octanol–water partition coefficient (Wildman–Crippen LogP) is 2.04. The van der Waals surface area contributed by atoms with Gasteiger partial charge in [-0.05, 0) is 31.4 Å². The maximum Gasteiger partial charge on any atom is 0.226 e. The van der Waals surface area contributed by atoms with Gasteiger partial charge < -0.3 is 14.4 Å². The second-order valence-electron chi connectivity index (χ2n) is 5.88. The van der Waals surface area contributed by atoms with Crippen molar-refractivity contribution in [1.82, 2.24) is 9.88 Å². The number of carbonyl (C=O) groups excluding carboxylic acids is 1. The van der Waals surface area contributed by atoms with Crippen molar-refractivity contribution < 1.29 is 14.3 Å². The summed E-state index contributed by atoms with van der Waals surface area (Å²) in [6, 6.07) is 3.79. The minimum Gasteiger partial charge on any atom is -0.490 e. The monoisotopic (exact) mass is 302 g/mol. The SMILES string of the molecule is CO[C@@H]1C[C@@H](COc2cccnc2)N(C(=O)C2CC=CC2)C1. The molecular formula is C17H22N2O3. The third-order valence-electron chi connectivity index (χ3n) is 4.43. The number of amides is 1. The first-order valence-corrected chi connectivity index (χ1v) is 7.79.